The zero-order valence-corrected chi connectivity index (χ0v) is 13.6. The number of aliphatic hydroxyl groups excluding tert-OH is 1. The maximum absolute atomic E-state index is 10.4. The maximum Gasteiger partial charge on any atom is 0.0845 e. The minimum Gasteiger partial charge on any atom is -0.388 e. The molecular formula is C18H14BrClO. The molecule has 3 rings (SSSR count). The molecule has 3 aromatic carbocycles. The van der Waals surface area contributed by atoms with Crippen molar-refractivity contribution in [3.63, 3.8) is 0 Å². The molecule has 0 bridgehead atoms. The average Bonchev–Trinajstić information content (AvgIpc) is 2.49. The van der Waals surface area contributed by atoms with E-state index >= 15 is 0 Å². The molecule has 1 unspecified atom stereocenters. The molecule has 3 aromatic rings. The Labute approximate surface area is 137 Å². The van der Waals surface area contributed by atoms with Gasteiger partial charge >= 0.3 is 0 Å². The molecule has 1 nitrogen and oxygen atoms in total. The van der Waals surface area contributed by atoms with Crippen LogP contribution < -0.4 is 0 Å². The van der Waals surface area contributed by atoms with Crippen LogP contribution in [0.3, 0.4) is 0 Å². The van der Waals surface area contributed by atoms with E-state index in [-0.39, 0.29) is 0 Å². The van der Waals surface area contributed by atoms with E-state index in [1.54, 1.807) is 6.07 Å². The lowest BCUT2D eigenvalue weighted by Crippen LogP contribution is -2.02. The Morgan fingerprint density at radius 3 is 2.52 bits per heavy atom. The fourth-order valence-corrected chi connectivity index (χ4v) is 3.09. The number of aliphatic hydroxyl groups is 1. The molecule has 21 heavy (non-hydrogen) atoms. The van der Waals surface area contributed by atoms with Crippen molar-refractivity contribution >= 4 is 38.3 Å². The summed E-state index contributed by atoms with van der Waals surface area (Å²) in [5.74, 6) is 0. The van der Waals surface area contributed by atoms with E-state index < -0.39 is 6.10 Å². The third-order valence-electron chi connectivity index (χ3n) is 3.56. The van der Waals surface area contributed by atoms with Gasteiger partial charge in [0, 0.05) is 21.5 Å². The van der Waals surface area contributed by atoms with Gasteiger partial charge in [0.05, 0.1) is 6.10 Å². The number of hydrogen-bond donors (Lipinski definition) is 1. The number of benzene rings is 3. The van der Waals surface area contributed by atoms with E-state index in [0.717, 1.165) is 15.6 Å². The molecule has 0 spiro atoms. The molecule has 0 aliphatic rings. The molecule has 0 aliphatic carbocycles. The van der Waals surface area contributed by atoms with Crippen LogP contribution in [0.4, 0.5) is 0 Å². The molecular weight excluding hydrogens is 348 g/mol. The average molecular weight is 362 g/mol. The molecule has 0 heterocycles. The number of hydrogen-bond acceptors (Lipinski definition) is 1. The molecule has 0 aromatic heterocycles. The van der Waals surface area contributed by atoms with Crippen molar-refractivity contribution in [2.45, 2.75) is 12.5 Å². The Balaban J connectivity index is 1.88. The predicted molar refractivity (Wildman–Crippen MR) is 91.8 cm³/mol. The number of halogens is 2. The van der Waals surface area contributed by atoms with E-state index in [9.17, 15) is 5.11 Å². The maximum atomic E-state index is 10.4. The monoisotopic (exact) mass is 360 g/mol. The van der Waals surface area contributed by atoms with Crippen LogP contribution in [0.1, 0.15) is 17.2 Å². The van der Waals surface area contributed by atoms with E-state index in [0.29, 0.717) is 11.4 Å². The summed E-state index contributed by atoms with van der Waals surface area (Å²) in [6.45, 7) is 0. The van der Waals surface area contributed by atoms with Crippen molar-refractivity contribution in [3.05, 3.63) is 81.3 Å². The van der Waals surface area contributed by atoms with Gasteiger partial charge in [-0.2, -0.15) is 0 Å². The van der Waals surface area contributed by atoms with Gasteiger partial charge in [0.25, 0.3) is 0 Å². The molecule has 0 saturated heterocycles. The Morgan fingerprint density at radius 1 is 0.952 bits per heavy atom. The summed E-state index contributed by atoms with van der Waals surface area (Å²) in [6.07, 6.45) is -0.0720. The first kappa shape index (κ1) is 14.6. The normalized spacial score (nSPS) is 12.5. The lowest BCUT2D eigenvalue weighted by Gasteiger charge is -2.14. The summed E-state index contributed by atoms with van der Waals surface area (Å²) in [7, 11) is 0. The zero-order chi connectivity index (χ0) is 14.8. The second kappa shape index (κ2) is 6.18. The summed E-state index contributed by atoms with van der Waals surface area (Å²) in [5.41, 5.74) is 1.84. The van der Waals surface area contributed by atoms with Crippen LogP contribution in [0.2, 0.25) is 5.02 Å². The lowest BCUT2D eigenvalue weighted by molar-refractivity contribution is 0.178. The molecule has 0 aliphatic heterocycles. The first-order chi connectivity index (χ1) is 10.1. The molecule has 106 valence electrons. The standard InChI is InChI=1S/C18H14BrClO/c19-15-7-8-17(20)16(11-15)18(21)10-12-5-6-13-3-1-2-4-14(13)9-12/h1-9,11,18,21H,10H2. The molecule has 0 radical (unpaired) electrons. The largest absolute Gasteiger partial charge is 0.388 e. The fourth-order valence-electron chi connectivity index (χ4n) is 2.47. The van der Waals surface area contributed by atoms with Crippen LogP contribution in [0.5, 0.6) is 0 Å². The van der Waals surface area contributed by atoms with E-state index in [1.807, 2.05) is 24.3 Å². The zero-order valence-electron chi connectivity index (χ0n) is 11.3. The van der Waals surface area contributed by atoms with Crippen molar-refractivity contribution in [2.24, 2.45) is 0 Å². The molecule has 1 N–H and O–H groups in total. The summed E-state index contributed by atoms with van der Waals surface area (Å²) in [6, 6.07) is 20.0. The SMILES string of the molecule is OC(Cc1ccc2ccccc2c1)c1cc(Br)ccc1Cl. The number of fused-ring (bicyclic) bond motifs is 1. The van der Waals surface area contributed by atoms with Crippen LogP contribution in [0.15, 0.2) is 65.1 Å². The van der Waals surface area contributed by atoms with Crippen LogP contribution >= 0.6 is 27.5 Å². The Bertz CT molecular complexity index is 785. The van der Waals surface area contributed by atoms with Crippen molar-refractivity contribution in [3.8, 4) is 0 Å². The fraction of sp³-hybridized carbons (Fsp3) is 0.111. The van der Waals surface area contributed by atoms with Gasteiger partial charge in [0.1, 0.15) is 0 Å². The Hall–Kier alpha value is -1.35. The van der Waals surface area contributed by atoms with Crippen molar-refractivity contribution < 1.29 is 5.11 Å². The predicted octanol–water partition coefficient (Wildman–Crippen LogP) is 5.53. The van der Waals surface area contributed by atoms with Crippen LogP contribution in [-0.2, 0) is 6.42 Å². The highest BCUT2D eigenvalue weighted by atomic mass is 79.9. The molecule has 0 fully saturated rings. The highest BCUT2D eigenvalue weighted by Gasteiger charge is 2.13. The van der Waals surface area contributed by atoms with E-state index in [4.69, 9.17) is 11.6 Å². The molecule has 0 saturated carbocycles. The second-order valence-electron chi connectivity index (χ2n) is 5.07. The van der Waals surface area contributed by atoms with Gasteiger partial charge in [-0.25, -0.2) is 0 Å². The van der Waals surface area contributed by atoms with Crippen molar-refractivity contribution in [2.75, 3.05) is 0 Å². The Kier molecular flexibility index (Phi) is 4.29. The van der Waals surface area contributed by atoms with Gasteiger partial charge in [-0.1, -0.05) is 70.0 Å². The molecule has 1 atom stereocenters. The van der Waals surface area contributed by atoms with Gasteiger partial charge in [-0.15, -0.1) is 0 Å². The minimum absolute atomic E-state index is 0.543. The second-order valence-corrected chi connectivity index (χ2v) is 6.39. The van der Waals surface area contributed by atoms with Gasteiger partial charge in [-0.3, -0.25) is 0 Å². The summed E-state index contributed by atoms with van der Waals surface area (Å²) < 4.78 is 0.916. The van der Waals surface area contributed by atoms with Crippen LogP contribution in [0, 0.1) is 0 Å². The minimum atomic E-state index is -0.615. The van der Waals surface area contributed by atoms with Gasteiger partial charge in [0.15, 0.2) is 0 Å². The highest BCUT2D eigenvalue weighted by molar-refractivity contribution is 9.10. The summed E-state index contributed by atoms with van der Waals surface area (Å²) in [5, 5.41) is 13.4. The van der Waals surface area contributed by atoms with Gasteiger partial charge in [-0.05, 0) is 34.5 Å². The van der Waals surface area contributed by atoms with Crippen molar-refractivity contribution in [1.82, 2.24) is 0 Å². The summed E-state index contributed by atoms with van der Waals surface area (Å²) >= 11 is 9.58. The van der Waals surface area contributed by atoms with Gasteiger partial charge < -0.3 is 5.11 Å². The quantitative estimate of drug-likeness (QED) is 0.650. The highest BCUT2D eigenvalue weighted by Crippen LogP contribution is 2.29. The first-order valence-electron chi connectivity index (χ1n) is 6.74. The third kappa shape index (κ3) is 3.29. The lowest BCUT2D eigenvalue weighted by atomic mass is 9.99. The van der Waals surface area contributed by atoms with Crippen molar-refractivity contribution in [1.29, 1.82) is 0 Å². The topological polar surface area (TPSA) is 20.2 Å². The van der Waals surface area contributed by atoms with Crippen LogP contribution in [0.25, 0.3) is 10.8 Å². The van der Waals surface area contributed by atoms with E-state index in [2.05, 4.69) is 46.3 Å². The summed E-state index contributed by atoms with van der Waals surface area (Å²) in [4.78, 5) is 0. The Morgan fingerprint density at radius 2 is 1.71 bits per heavy atom. The molecule has 3 heteroatoms. The van der Waals surface area contributed by atoms with Crippen LogP contribution in [-0.4, -0.2) is 5.11 Å². The third-order valence-corrected chi connectivity index (χ3v) is 4.40. The smallest absolute Gasteiger partial charge is 0.0845 e. The first-order valence-corrected chi connectivity index (χ1v) is 7.91. The van der Waals surface area contributed by atoms with Gasteiger partial charge in [0.2, 0.25) is 0 Å². The van der Waals surface area contributed by atoms with E-state index in [1.165, 1.54) is 10.8 Å². The molecule has 0 amide bonds. The number of rotatable bonds is 3.